The Labute approximate surface area is 84.2 Å². The van der Waals surface area contributed by atoms with Crippen LogP contribution in [0.3, 0.4) is 0 Å². The van der Waals surface area contributed by atoms with Gasteiger partial charge in [0.1, 0.15) is 0 Å². The van der Waals surface area contributed by atoms with Crippen LogP contribution in [0.1, 0.15) is 20.8 Å². The lowest BCUT2D eigenvalue weighted by atomic mass is 10.1. The summed E-state index contributed by atoms with van der Waals surface area (Å²) in [6, 6.07) is 0. The largest absolute Gasteiger partial charge is 0.358 e. The molecule has 0 N–H and O–H groups in total. The molecule has 4 heteroatoms. The number of anilines is 1. The molecule has 0 aromatic carbocycles. The van der Waals surface area contributed by atoms with Gasteiger partial charge in [-0.15, -0.1) is 0 Å². The second-order valence-electron chi connectivity index (χ2n) is 4.49. The third-order valence-electron chi connectivity index (χ3n) is 1.97. The Morgan fingerprint density at radius 3 is 2.36 bits per heavy atom. The highest BCUT2D eigenvalue weighted by Gasteiger charge is 2.16. The van der Waals surface area contributed by atoms with E-state index >= 15 is 0 Å². The maximum Gasteiger partial charge on any atom is 0.293 e. The molecule has 0 amide bonds. The van der Waals surface area contributed by atoms with Crippen molar-refractivity contribution in [3.63, 3.8) is 0 Å². The molecule has 1 aromatic rings. The molecule has 1 rings (SSSR count). The normalized spacial score (nSPS) is 11.5. The smallest absolute Gasteiger partial charge is 0.293 e. The molecule has 1 heterocycles. The molecule has 0 saturated carbocycles. The summed E-state index contributed by atoms with van der Waals surface area (Å²) >= 11 is 0. The van der Waals surface area contributed by atoms with E-state index in [-0.39, 0.29) is 11.1 Å². The van der Waals surface area contributed by atoms with Crippen LogP contribution in [0.25, 0.3) is 0 Å². The zero-order valence-corrected chi connectivity index (χ0v) is 9.40. The van der Waals surface area contributed by atoms with E-state index in [2.05, 4.69) is 4.98 Å². The van der Waals surface area contributed by atoms with Crippen LogP contribution in [0.5, 0.6) is 0 Å². The van der Waals surface area contributed by atoms with E-state index in [9.17, 15) is 4.79 Å². The Kier molecular flexibility index (Phi) is 2.64. The van der Waals surface area contributed by atoms with Gasteiger partial charge < -0.3 is 9.47 Å². The fourth-order valence-corrected chi connectivity index (χ4v) is 1.24. The molecule has 1 aromatic heterocycles. The molecule has 0 radical (unpaired) electrons. The van der Waals surface area contributed by atoms with Gasteiger partial charge in [-0.05, 0) is 20.8 Å². The average Bonchev–Trinajstić information content (AvgIpc) is 2.01. The molecule has 4 nitrogen and oxygen atoms in total. The first-order chi connectivity index (χ1) is 6.34. The van der Waals surface area contributed by atoms with E-state index in [0.717, 1.165) is 0 Å². The van der Waals surface area contributed by atoms with Crippen molar-refractivity contribution in [2.24, 2.45) is 0 Å². The predicted octanol–water partition coefficient (Wildman–Crippen LogP) is 1.06. The van der Waals surface area contributed by atoms with Gasteiger partial charge in [0.15, 0.2) is 5.82 Å². The highest BCUT2D eigenvalue weighted by atomic mass is 16.1. The summed E-state index contributed by atoms with van der Waals surface area (Å²) in [6.45, 7) is 5.98. The van der Waals surface area contributed by atoms with Crippen LogP contribution in [-0.4, -0.2) is 23.6 Å². The van der Waals surface area contributed by atoms with Crippen LogP contribution in [-0.2, 0) is 5.54 Å². The Morgan fingerprint density at radius 2 is 1.93 bits per heavy atom. The minimum Gasteiger partial charge on any atom is -0.358 e. The Morgan fingerprint density at radius 1 is 1.36 bits per heavy atom. The van der Waals surface area contributed by atoms with E-state index in [0.29, 0.717) is 5.82 Å². The average molecular weight is 195 g/mol. The van der Waals surface area contributed by atoms with Gasteiger partial charge in [0.25, 0.3) is 5.56 Å². The van der Waals surface area contributed by atoms with Crippen molar-refractivity contribution in [2.45, 2.75) is 26.3 Å². The van der Waals surface area contributed by atoms with Crippen LogP contribution >= 0.6 is 0 Å². The van der Waals surface area contributed by atoms with E-state index < -0.39 is 0 Å². The van der Waals surface area contributed by atoms with Crippen molar-refractivity contribution in [3.8, 4) is 0 Å². The number of nitrogens with zero attached hydrogens (tertiary/aromatic N) is 3. The van der Waals surface area contributed by atoms with Gasteiger partial charge in [-0.1, -0.05) is 0 Å². The molecule has 0 unspecified atom stereocenters. The SMILES string of the molecule is CN(C)c1nccn(C(C)(C)C)c1=O. The first-order valence-electron chi connectivity index (χ1n) is 4.59. The molecule has 0 spiro atoms. The van der Waals surface area contributed by atoms with Gasteiger partial charge in [-0.3, -0.25) is 4.79 Å². The third-order valence-corrected chi connectivity index (χ3v) is 1.97. The molecule has 0 bridgehead atoms. The summed E-state index contributed by atoms with van der Waals surface area (Å²) in [6.07, 6.45) is 3.37. The first-order valence-corrected chi connectivity index (χ1v) is 4.59. The lowest BCUT2D eigenvalue weighted by molar-refractivity contribution is 0.382. The van der Waals surface area contributed by atoms with Crippen LogP contribution in [0.2, 0.25) is 0 Å². The van der Waals surface area contributed by atoms with Crippen LogP contribution in [0, 0.1) is 0 Å². The highest BCUT2D eigenvalue weighted by molar-refractivity contribution is 5.33. The van der Waals surface area contributed by atoms with Gasteiger partial charge in [0.05, 0.1) is 0 Å². The summed E-state index contributed by atoms with van der Waals surface area (Å²) in [5, 5.41) is 0. The van der Waals surface area contributed by atoms with E-state index in [1.165, 1.54) is 0 Å². The van der Waals surface area contributed by atoms with E-state index in [1.54, 1.807) is 21.9 Å². The molecular formula is C10H17N3O. The lowest BCUT2D eigenvalue weighted by Crippen LogP contribution is -2.36. The fraction of sp³-hybridized carbons (Fsp3) is 0.600. The molecule has 78 valence electrons. The van der Waals surface area contributed by atoms with Gasteiger partial charge in [0, 0.05) is 32.0 Å². The van der Waals surface area contributed by atoms with Crippen molar-refractivity contribution < 1.29 is 0 Å². The fourth-order valence-electron chi connectivity index (χ4n) is 1.24. The maximum absolute atomic E-state index is 11.9. The minimum absolute atomic E-state index is 0.0509. The van der Waals surface area contributed by atoms with Crippen molar-refractivity contribution >= 4 is 5.82 Å². The molecule has 0 aliphatic rings. The highest BCUT2D eigenvalue weighted by Crippen LogP contribution is 2.11. The minimum atomic E-state index is -0.204. The molecular weight excluding hydrogens is 178 g/mol. The van der Waals surface area contributed by atoms with Crippen LogP contribution < -0.4 is 10.5 Å². The van der Waals surface area contributed by atoms with Gasteiger partial charge in [0.2, 0.25) is 0 Å². The van der Waals surface area contributed by atoms with Crippen molar-refractivity contribution in [3.05, 3.63) is 22.7 Å². The number of hydrogen-bond acceptors (Lipinski definition) is 3. The first kappa shape index (κ1) is 10.8. The summed E-state index contributed by atoms with van der Waals surface area (Å²) in [4.78, 5) is 17.7. The second kappa shape index (κ2) is 3.44. The Hall–Kier alpha value is -1.32. The maximum atomic E-state index is 11.9. The van der Waals surface area contributed by atoms with E-state index in [1.807, 2.05) is 34.9 Å². The quantitative estimate of drug-likeness (QED) is 0.672. The topological polar surface area (TPSA) is 38.1 Å². The van der Waals surface area contributed by atoms with Crippen LogP contribution in [0.4, 0.5) is 5.82 Å². The summed E-state index contributed by atoms with van der Waals surface area (Å²) in [5.74, 6) is 0.474. The van der Waals surface area contributed by atoms with E-state index in [4.69, 9.17) is 0 Å². The zero-order chi connectivity index (χ0) is 10.9. The Bertz CT molecular complexity index is 374. The molecule has 0 aliphatic heterocycles. The molecule has 0 saturated heterocycles. The molecule has 0 fully saturated rings. The monoisotopic (exact) mass is 195 g/mol. The van der Waals surface area contributed by atoms with Gasteiger partial charge in [-0.2, -0.15) is 0 Å². The number of rotatable bonds is 1. The molecule has 0 aliphatic carbocycles. The number of hydrogen-bond donors (Lipinski definition) is 0. The summed E-state index contributed by atoms with van der Waals surface area (Å²) < 4.78 is 1.69. The summed E-state index contributed by atoms with van der Waals surface area (Å²) in [5.41, 5.74) is -0.255. The zero-order valence-electron chi connectivity index (χ0n) is 9.40. The third kappa shape index (κ3) is 1.95. The van der Waals surface area contributed by atoms with Crippen molar-refractivity contribution in [2.75, 3.05) is 19.0 Å². The molecule has 14 heavy (non-hydrogen) atoms. The summed E-state index contributed by atoms with van der Waals surface area (Å²) in [7, 11) is 3.63. The lowest BCUT2D eigenvalue weighted by Gasteiger charge is -2.23. The Balaban J connectivity index is 3.36. The van der Waals surface area contributed by atoms with Gasteiger partial charge >= 0.3 is 0 Å². The van der Waals surface area contributed by atoms with Crippen molar-refractivity contribution in [1.29, 1.82) is 0 Å². The van der Waals surface area contributed by atoms with Crippen LogP contribution in [0.15, 0.2) is 17.2 Å². The second-order valence-corrected chi connectivity index (χ2v) is 4.49. The van der Waals surface area contributed by atoms with Gasteiger partial charge in [-0.25, -0.2) is 4.98 Å². The van der Waals surface area contributed by atoms with Crippen molar-refractivity contribution in [1.82, 2.24) is 9.55 Å². The standard InChI is InChI=1S/C10H17N3O/c1-10(2,3)13-7-6-11-8(9(13)14)12(4)5/h6-7H,1-5H3. The number of aromatic nitrogens is 2. The predicted molar refractivity (Wildman–Crippen MR) is 57.8 cm³/mol. The molecule has 0 atom stereocenters.